The van der Waals surface area contributed by atoms with Gasteiger partial charge in [-0.05, 0) is 43.7 Å². The molecule has 0 spiro atoms. The Hall–Kier alpha value is -3.05. The minimum Gasteiger partial charge on any atom is -0.462 e. The first-order valence-electron chi connectivity index (χ1n) is 10.6. The Morgan fingerprint density at radius 2 is 1.91 bits per heavy atom. The lowest BCUT2D eigenvalue weighted by atomic mass is 9.95. The van der Waals surface area contributed by atoms with E-state index < -0.39 is 32.7 Å². The Bertz CT molecular complexity index is 1260. The van der Waals surface area contributed by atoms with Crippen LogP contribution in [0.15, 0.2) is 40.0 Å². The van der Waals surface area contributed by atoms with Crippen molar-refractivity contribution in [2.24, 2.45) is 0 Å². The van der Waals surface area contributed by atoms with Gasteiger partial charge in [0, 0.05) is 4.88 Å². The minimum atomic E-state index is -4.16. The third-order valence-corrected chi connectivity index (χ3v) is 7.68. The van der Waals surface area contributed by atoms with Crippen molar-refractivity contribution < 1.29 is 27.2 Å². The van der Waals surface area contributed by atoms with Crippen LogP contribution in [0, 0.1) is 0 Å². The molecular weight excluding hydrogens is 466 g/mol. The SMILES string of the molecule is CCOC(=O)c1c(NC(=O)CS(=O)(=O)c2nnc(Cc3ccccc3)o2)sc2c1CCCC2. The number of nitrogens with zero attached hydrogens (tertiary/aromatic N) is 2. The van der Waals surface area contributed by atoms with Crippen molar-refractivity contribution in [1.82, 2.24) is 10.2 Å². The van der Waals surface area contributed by atoms with Gasteiger partial charge in [0.1, 0.15) is 10.8 Å². The van der Waals surface area contributed by atoms with Crippen LogP contribution in [0.1, 0.15) is 52.0 Å². The van der Waals surface area contributed by atoms with Crippen molar-refractivity contribution in [3.63, 3.8) is 0 Å². The van der Waals surface area contributed by atoms with E-state index in [1.807, 2.05) is 30.3 Å². The van der Waals surface area contributed by atoms with Crippen LogP contribution in [0.5, 0.6) is 0 Å². The lowest BCUT2D eigenvalue weighted by molar-refractivity contribution is -0.113. The zero-order chi connectivity index (χ0) is 23.4. The molecular formula is C22H23N3O6S2. The summed E-state index contributed by atoms with van der Waals surface area (Å²) in [5, 5.41) is 9.69. The normalized spacial score (nSPS) is 13.4. The van der Waals surface area contributed by atoms with Crippen LogP contribution in [0.2, 0.25) is 0 Å². The number of nitrogens with one attached hydrogen (secondary N) is 1. The fourth-order valence-corrected chi connectivity index (χ4v) is 5.90. The molecule has 2 heterocycles. The fraction of sp³-hybridized carbons (Fsp3) is 0.364. The van der Waals surface area contributed by atoms with Crippen LogP contribution in [-0.2, 0) is 38.6 Å². The highest BCUT2D eigenvalue weighted by Crippen LogP contribution is 2.38. The van der Waals surface area contributed by atoms with E-state index in [0.717, 1.165) is 41.7 Å². The number of hydrogen-bond acceptors (Lipinski definition) is 9. The minimum absolute atomic E-state index is 0.135. The number of carbonyl (C=O) groups is 2. The highest BCUT2D eigenvalue weighted by molar-refractivity contribution is 7.91. The van der Waals surface area contributed by atoms with Gasteiger partial charge in [-0.3, -0.25) is 4.79 Å². The zero-order valence-corrected chi connectivity index (χ0v) is 19.6. The number of thiophene rings is 1. The molecule has 1 aliphatic carbocycles. The van der Waals surface area contributed by atoms with E-state index in [0.29, 0.717) is 10.6 Å². The van der Waals surface area contributed by atoms with E-state index in [9.17, 15) is 18.0 Å². The van der Waals surface area contributed by atoms with Gasteiger partial charge in [-0.25, -0.2) is 13.2 Å². The molecule has 0 fully saturated rings. The van der Waals surface area contributed by atoms with Crippen molar-refractivity contribution >= 4 is 38.1 Å². The molecule has 4 rings (SSSR count). The lowest BCUT2D eigenvalue weighted by Crippen LogP contribution is -2.24. The quantitative estimate of drug-likeness (QED) is 0.478. The van der Waals surface area contributed by atoms with Crippen LogP contribution < -0.4 is 5.32 Å². The summed E-state index contributed by atoms with van der Waals surface area (Å²) in [6, 6.07) is 9.27. The van der Waals surface area contributed by atoms with E-state index in [4.69, 9.17) is 9.15 Å². The lowest BCUT2D eigenvalue weighted by Gasteiger charge is -2.12. The van der Waals surface area contributed by atoms with Crippen LogP contribution in [-0.4, -0.2) is 42.9 Å². The average Bonchev–Trinajstić information content (AvgIpc) is 3.39. The smallest absolute Gasteiger partial charge is 0.341 e. The number of fused-ring (bicyclic) bond motifs is 1. The zero-order valence-electron chi connectivity index (χ0n) is 18.0. The first-order valence-corrected chi connectivity index (χ1v) is 13.0. The maximum absolute atomic E-state index is 12.7. The van der Waals surface area contributed by atoms with Crippen LogP contribution in [0.4, 0.5) is 5.00 Å². The largest absolute Gasteiger partial charge is 0.462 e. The number of ether oxygens (including phenoxy) is 1. The summed E-state index contributed by atoms with van der Waals surface area (Å²) in [7, 11) is -4.16. The summed E-state index contributed by atoms with van der Waals surface area (Å²) < 4.78 is 35.8. The van der Waals surface area contributed by atoms with Gasteiger partial charge in [-0.1, -0.05) is 35.4 Å². The number of rotatable bonds is 8. The van der Waals surface area contributed by atoms with E-state index in [2.05, 4.69) is 15.5 Å². The van der Waals surface area contributed by atoms with E-state index >= 15 is 0 Å². The van der Waals surface area contributed by atoms with Gasteiger partial charge in [0.05, 0.1) is 18.6 Å². The van der Waals surface area contributed by atoms with Gasteiger partial charge in [-0.15, -0.1) is 16.4 Å². The highest BCUT2D eigenvalue weighted by Gasteiger charge is 2.30. The van der Waals surface area contributed by atoms with Crippen molar-refractivity contribution in [1.29, 1.82) is 0 Å². The second-order valence-electron chi connectivity index (χ2n) is 7.57. The molecule has 0 bridgehead atoms. The summed E-state index contributed by atoms with van der Waals surface area (Å²) in [6.45, 7) is 1.91. The van der Waals surface area contributed by atoms with Crippen molar-refractivity contribution in [2.45, 2.75) is 44.3 Å². The maximum Gasteiger partial charge on any atom is 0.341 e. The van der Waals surface area contributed by atoms with Crippen LogP contribution in [0.25, 0.3) is 0 Å². The number of hydrogen-bond donors (Lipinski definition) is 1. The summed E-state index contributed by atoms with van der Waals surface area (Å²) >= 11 is 1.29. The number of carbonyl (C=O) groups excluding carboxylic acids is 2. The fourth-order valence-electron chi connectivity index (χ4n) is 3.68. The van der Waals surface area contributed by atoms with Gasteiger partial charge in [-0.2, -0.15) is 0 Å². The predicted octanol–water partition coefficient (Wildman–Crippen LogP) is 3.19. The molecule has 3 aromatic rings. The molecule has 0 atom stereocenters. The Kier molecular flexibility index (Phi) is 6.89. The predicted molar refractivity (Wildman–Crippen MR) is 121 cm³/mol. The second kappa shape index (κ2) is 9.84. The monoisotopic (exact) mass is 489 g/mol. The highest BCUT2D eigenvalue weighted by atomic mass is 32.2. The molecule has 0 unspecified atom stereocenters. The Morgan fingerprint density at radius 1 is 1.15 bits per heavy atom. The van der Waals surface area contributed by atoms with E-state index in [1.54, 1.807) is 6.92 Å². The third-order valence-electron chi connectivity index (χ3n) is 5.14. The molecule has 1 N–H and O–H groups in total. The number of benzene rings is 1. The second-order valence-corrected chi connectivity index (χ2v) is 10.5. The Morgan fingerprint density at radius 3 is 2.67 bits per heavy atom. The molecule has 9 nitrogen and oxygen atoms in total. The summed E-state index contributed by atoms with van der Waals surface area (Å²) in [6.07, 6.45) is 3.76. The van der Waals surface area contributed by atoms with Crippen molar-refractivity contribution in [3.05, 3.63) is 57.8 Å². The summed E-state index contributed by atoms with van der Waals surface area (Å²) in [5.74, 6) is -2.06. The van der Waals surface area contributed by atoms with Crippen molar-refractivity contribution in [3.8, 4) is 0 Å². The van der Waals surface area contributed by atoms with Gasteiger partial charge in [0.15, 0.2) is 0 Å². The number of sulfone groups is 1. The number of amides is 1. The molecule has 0 radical (unpaired) electrons. The maximum atomic E-state index is 12.7. The van der Waals surface area contributed by atoms with Gasteiger partial charge in [0.2, 0.25) is 21.6 Å². The van der Waals surface area contributed by atoms with E-state index in [1.165, 1.54) is 11.3 Å². The molecule has 2 aromatic heterocycles. The van der Waals surface area contributed by atoms with Gasteiger partial charge >= 0.3 is 11.2 Å². The molecule has 0 aliphatic heterocycles. The average molecular weight is 490 g/mol. The molecule has 1 aromatic carbocycles. The molecule has 1 amide bonds. The standard InChI is InChI=1S/C22H23N3O6S2/c1-2-30-21(27)19-15-10-6-7-11-16(15)32-20(19)23-17(26)13-33(28,29)22-25-24-18(31-22)12-14-8-4-3-5-9-14/h3-5,8-9H,2,6-7,10-13H2,1H3,(H,23,26). The number of anilines is 1. The third kappa shape index (κ3) is 5.31. The first-order chi connectivity index (χ1) is 15.9. The summed E-state index contributed by atoms with van der Waals surface area (Å²) in [4.78, 5) is 26.2. The Labute approximate surface area is 195 Å². The van der Waals surface area contributed by atoms with Crippen molar-refractivity contribution in [2.75, 3.05) is 17.7 Å². The Balaban J connectivity index is 1.49. The molecule has 0 saturated carbocycles. The number of esters is 1. The number of aryl methyl sites for hydroxylation is 1. The molecule has 33 heavy (non-hydrogen) atoms. The van der Waals surface area contributed by atoms with Crippen LogP contribution >= 0.6 is 11.3 Å². The molecule has 174 valence electrons. The van der Waals surface area contributed by atoms with Gasteiger partial charge in [0.25, 0.3) is 0 Å². The summed E-state index contributed by atoms with van der Waals surface area (Å²) in [5.41, 5.74) is 2.09. The molecule has 11 heteroatoms. The first kappa shape index (κ1) is 23.1. The van der Waals surface area contributed by atoms with Crippen LogP contribution in [0.3, 0.4) is 0 Å². The topological polar surface area (TPSA) is 128 Å². The van der Waals surface area contributed by atoms with Gasteiger partial charge < -0.3 is 14.5 Å². The van der Waals surface area contributed by atoms with E-state index in [-0.39, 0.29) is 18.9 Å². The molecule has 1 aliphatic rings. The number of aromatic nitrogens is 2. The molecule has 0 saturated heterocycles.